The number of rotatable bonds is 9. The van der Waals surface area contributed by atoms with Crippen LogP contribution >= 0.6 is 0 Å². The predicted molar refractivity (Wildman–Crippen MR) is 103 cm³/mol. The molecule has 0 spiro atoms. The third-order valence-electron chi connectivity index (χ3n) is 3.56. The van der Waals surface area contributed by atoms with Gasteiger partial charge in [-0.2, -0.15) is 4.98 Å². The molecule has 2 aromatic rings. The molecular weight excluding hydrogens is 339 g/mol. The largest absolute Gasteiger partial charge is 0.370 e. The average molecular weight is 362 g/mol. The molecule has 1 heterocycles. The number of hydrogen-bond donors (Lipinski definition) is 4. The molecule has 0 fully saturated rings. The molecule has 0 bridgehead atoms. The van der Waals surface area contributed by atoms with E-state index in [9.17, 15) is 8.42 Å². The van der Waals surface area contributed by atoms with Gasteiger partial charge in [-0.25, -0.2) is 18.5 Å². The van der Waals surface area contributed by atoms with Crippen molar-refractivity contribution in [2.24, 2.45) is 5.14 Å². The molecule has 8 nitrogen and oxygen atoms in total. The zero-order valence-corrected chi connectivity index (χ0v) is 15.2. The summed E-state index contributed by atoms with van der Waals surface area (Å²) in [5.41, 5.74) is 1.64. The van der Waals surface area contributed by atoms with E-state index >= 15 is 0 Å². The Morgan fingerprint density at radius 3 is 2.48 bits per heavy atom. The van der Waals surface area contributed by atoms with Crippen LogP contribution in [0, 0.1) is 0 Å². The van der Waals surface area contributed by atoms with Gasteiger partial charge in [0.2, 0.25) is 16.0 Å². The first kappa shape index (κ1) is 19.2. The van der Waals surface area contributed by atoms with Crippen LogP contribution in [0.3, 0.4) is 0 Å². The first-order valence-electron chi connectivity index (χ1n) is 8.02. The molecule has 1 aromatic heterocycles. The second-order valence-electron chi connectivity index (χ2n) is 5.66. The van der Waals surface area contributed by atoms with Crippen molar-refractivity contribution in [1.82, 2.24) is 15.3 Å². The second-order valence-corrected chi connectivity index (χ2v) is 7.22. The molecule has 0 atom stereocenters. The van der Waals surface area contributed by atoms with Crippen molar-refractivity contribution in [2.75, 3.05) is 30.8 Å². The molecule has 0 aliphatic rings. The van der Waals surface area contributed by atoms with Gasteiger partial charge in [0.25, 0.3) is 0 Å². The van der Waals surface area contributed by atoms with E-state index in [0.717, 1.165) is 37.2 Å². The molecule has 0 radical (unpaired) electrons. The third kappa shape index (κ3) is 6.00. The lowest BCUT2D eigenvalue weighted by atomic mass is 9.99. The summed E-state index contributed by atoms with van der Waals surface area (Å²) in [6, 6.07) is 6.11. The van der Waals surface area contributed by atoms with Gasteiger partial charge in [-0.3, -0.25) is 0 Å². The van der Waals surface area contributed by atoms with Crippen LogP contribution in [0.5, 0.6) is 0 Å². The van der Waals surface area contributed by atoms with Crippen LogP contribution in [-0.2, 0) is 10.0 Å². The fraction of sp³-hybridized carbons (Fsp3) is 0.333. The molecule has 0 saturated carbocycles. The van der Waals surface area contributed by atoms with E-state index in [4.69, 9.17) is 5.14 Å². The fourth-order valence-corrected chi connectivity index (χ4v) is 2.69. The summed E-state index contributed by atoms with van der Waals surface area (Å²) < 4.78 is 22.5. The lowest BCUT2D eigenvalue weighted by molar-refractivity contribution is 0.598. The Bertz CT molecular complexity index is 798. The highest BCUT2D eigenvalue weighted by molar-refractivity contribution is 7.89. The molecular formula is C15H23BN6O2S. The van der Waals surface area contributed by atoms with Crippen molar-refractivity contribution in [1.29, 1.82) is 0 Å². The average Bonchev–Trinajstić information content (AvgIpc) is 2.57. The Morgan fingerprint density at radius 1 is 1.16 bits per heavy atom. The lowest BCUT2D eigenvalue weighted by Gasteiger charge is -2.11. The maximum atomic E-state index is 11.3. The van der Waals surface area contributed by atoms with Crippen molar-refractivity contribution in [3.63, 3.8) is 0 Å². The zero-order valence-electron chi connectivity index (χ0n) is 14.4. The van der Waals surface area contributed by atoms with Gasteiger partial charge in [0.05, 0.1) is 4.90 Å². The molecule has 0 amide bonds. The highest BCUT2D eigenvalue weighted by Gasteiger charge is 2.08. The minimum atomic E-state index is -3.70. The monoisotopic (exact) mass is 362 g/mol. The van der Waals surface area contributed by atoms with Crippen molar-refractivity contribution in [2.45, 2.75) is 17.7 Å². The molecule has 10 heteroatoms. The molecule has 0 aliphatic carbocycles. The number of primary sulfonamides is 1. The van der Waals surface area contributed by atoms with Crippen molar-refractivity contribution >= 4 is 40.8 Å². The van der Waals surface area contributed by atoms with Gasteiger partial charge in [-0.1, -0.05) is 0 Å². The highest BCUT2D eigenvalue weighted by Crippen LogP contribution is 2.16. The fourth-order valence-electron chi connectivity index (χ4n) is 2.17. The van der Waals surface area contributed by atoms with Crippen LogP contribution < -0.4 is 26.6 Å². The maximum Gasteiger partial charge on any atom is 0.238 e. The summed E-state index contributed by atoms with van der Waals surface area (Å²) >= 11 is 0. The Kier molecular flexibility index (Phi) is 6.74. The Balaban J connectivity index is 2.01. The number of sulfonamides is 1. The SMILES string of the molecule is Bc1cnc(Nc2ccc(S(N)(=O)=O)cc2)nc1NCCCCNC. The summed E-state index contributed by atoms with van der Waals surface area (Å²) in [5, 5.41) is 14.6. The number of unbranched alkanes of at least 4 members (excludes halogenated alkanes) is 1. The van der Waals surface area contributed by atoms with Gasteiger partial charge < -0.3 is 16.0 Å². The van der Waals surface area contributed by atoms with Crippen LogP contribution in [0.25, 0.3) is 0 Å². The first-order chi connectivity index (χ1) is 11.9. The van der Waals surface area contributed by atoms with Crippen LogP contribution in [-0.4, -0.2) is 46.4 Å². The van der Waals surface area contributed by atoms with E-state index in [2.05, 4.69) is 25.9 Å². The molecule has 134 valence electrons. The van der Waals surface area contributed by atoms with Crippen LogP contribution in [0.2, 0.25) is 0 Å². The molecule has 0 unspecified atom stereocenters. The number of hydrogen-bond acceptors (Lipinski definition) is 7. The Morgan fingerprint density at radius 2 is 1.84 bits per heavy atom. The van der Waals surface area contributed by atoms with Crippen molar-refractivity contribution in [3.05, 3.63) is 30.5 Å². The van der Waals surface area contributed by atoms with Crippen molar-refractivity contribution in [3.8, 4) is 0 Å². The summed E-state index contributed by atoms with van der Waals surface area (Å²) in [5.74, 6) is 1.22. The van der Waals surface area contributed by atoms with Gasteiger partial charge in [0.15, 0.2) is 0 Å². The number of aromatic nitrogens is 2. The molecule has 0 aliphatic heterocycles. The van der Waals surface area contributed by atoms with Crippen LogP contribution in [0.1, 0.15) is 12.8 Å². The highest BCUT2D eigenvalue weighted by atomic mass is 32.2. The van der Waals surface area contributed by atoms with Gasteiger partial charge in [-0.15, -0.1) is 0 Å². The summed E-state index contributed by atoms with van der Waals surface area (Å²) in [7, 11) is 0.190. The summed E-state index contributed by atoms with van der Waals surface area (Å²) in [4.78, 5) is 8.77. The predicted octanol–water partition coefficient (Wildman–Crippen LogP) is -0.463. The van der Waals surface area contributed by atoms with Crippen molar-refractivity contribution < 1.29 is 8.42 Å². The second kappa shape index (κ2) is 8.79. The number of nitrogens with two attached hydrogens (primary N) is 1. The zero-order chi connectivity index (χ0) is 18.3. The van der Waals surface area contributed by atoms with E-state index in [0.29, 0.717) is 11.6 Å². The number of nitrogens with one attached hydrogen (secondary N) is 3. The van der Waals surface area contributed by atoms with E-state index < -0.39 is 10.0 Å². The van der Waals surface area contributed by atoms with E-state index in [1.54, 1.807) is 18.3 Å². The van der Waals surface area contributed by atoms with E-state index in [1.165, 1.54) is 12.1 Å². The van der Waals surface area contributed by atoms with Gasteiger partial charge >= 0.3 is 0 Å². The molecule has 1 aromatic carbocycles. The standard InChI is InChI=1S/C15H23BN6O2S/c1-18-8-2-3-9-19-14-13(16)10-20-15(22-14)21-11-4-6-12(7-5-11)25(17,23)24/h4-7,10,18H,2-3,8-9,16H2,1H3,(H2,17,23,24)(H2,19,20,21,22). The molecule has 5 N–H and O–H groups in total. The first-order valence-corrected chi connectivity index (χ1v) is 9.57. The summed E-state index contributed by atoms with van der Waals surface area (Å²) in [6.45, 7) is 1.83. The lowest BCUT2D eigenvalue weighted by Crippen LogP contribution is -2.18. The molecule has 0 saturated heterocycles. The maximum absolute atomic E-state index is 11.3. The third-order valence-corrected chi connectivity index (χ3v) is 4.49. The molecule has 2 rings (SSSR count). The van der Waals surface area contributed by atoms with Gasteiger partial charge in [0.1, 0.15) is 13.7 Å². The number of anilines is 3. The number of nitrogens with zero attached hydrogens (tertiary/aromatic N) is 2. The van der Waals surface area contributed by atoms with E-state index in [1.807, 2.05) is 14.9 Å². The minimum Gasteiger partial charge on any atom is -0.370 e. The minimum absolute atomic E-state index is 0.0619. The Hall–Kier alpha value is -2.17. The normalized spacial score (nSPS) is 11.3. The Labute approximate surface area is 149 Å². The van der Waals surface area contributed by atoms with Gasteiger partial charge in [0, 0.05) is 18.4 Å². The topological polar surface area (TPSA) is 122 Å². The molecule has 25 heavy (non-hydrogen) atoms. The van der Waals surface area contributed by atoms with E-state index in [-0.39, 0.29) is 4.90 Å². The van der Waals surface area contributed by atoms with Crippen LogP contribution in [0.15, 0.2) is 35.4 Å². The quantitative estimate of drug-likeness (QED) is 0.352. The number of benzene rings is 1. The van der Waals surface area contributed by atoms with Gasteiger partial charge in [-0.05, 0) is 56.2 Å². The smallest absolute Gasteiger partial charge is 0.238 e. The summed E-state index contributed by atoms with van der Waals surface area (Å²) in [6.07, 6.45) is 3.88. The van der Waals surface area contributed by atoms with Crippen LogP contribution in [0.4, 0.5) is 17.5 Å².